The van der Waals surface area contributed by atoms with Crippen LogP contribution in [0.1, 0.15) is 58.8 Å². The van der Waals surface area contributed by atoms with Crippen LogP contribution in [0.3, 0.4) is 0 Å². The SMILES string of the molecule is CC(C)(C)OC(=O)Nc1cc(C(O)c2ccc(NC(=O)OC(C)(C)C)c3ccccc23)ccn1. The summed E-state index contributed by atoms with van der Waals surface area (Å²) in [6.45, 7) is 10.7. The predicted octanol–water partition coefficient (Wildman–Crippen LogP) is 6.01. The van der Waals surface area contributed by atoms with Gasteiger partial charge in [0, 0.05) is 11.6 Å². The minimum absolute atomic E-state index is 0.262. The van der Waals surface area contributed by atoms with E-state index in [9.17, 15) is 14.7 Å². The van der Waals surface area contributed by atoms with E-state index in [1.165, 1.54) is 6.20 Å². The third-order valence-electron chi connectivity index (χ3n) is 4.62. The zero-order valence-corrected chi connectivity index (χ0v) is 20.3. The Labute approximate surface area is 199 Å². The minimum atomic E-state index is -0.998. The summed E-state index contributed by atoms with van der Waals surface area (Å²) in [4.78, 5) is 28.5. The molecule has 1 unspecified atom stereocenters. The van der Waals surface area contributed by atoms with E-state index < -0.39 is 29.5 Å². The van der Waals surface area contributed by atoms with Crippen molar-refractivity contribution in [2.75, 3.05) is 10.6 Å². The average Bonchev–Trinajstić information content (AvgIpc) is 2.71. The molecule has 0 fully saturated rings. The number of pyridine rings is 1. The molecule has 2 amide bonds. The minimum Gasteiger partial charge on any atom is -0.444 e. The largest absolute Gasteiger partial charge is 0.444 e. The molecule has 34 heavy (non-hydrogen) atoms. The number of fused-ring (bicyclic) bond motifs is 1. The number of rotatable bonds is 4. The van der Waals surface area contributed by atoms with Crippen molar-refractivity contribution in [3.63, 3.8) is 0 Å². The Morgan fingerprint density at radius 1 is 0.853 bits per heavy atom. The number of benzene rings is 2. The Balaban J connectivity index is 1.88. The second-order valence-corrected chi connectivity index (χ2v) is 9.88. The number of ether oxygens (including phenoxy) is 2. The molecule has 0 aliphatic rings. The Bertz CT molecular complexity index is 1190. The van der Waals surface area contributed by atoms with Gasteiger partial charge in [0.05, 0.1) is 5.69 Å². The summed E-state index contributed by atoms with van der Waals surface area (Å²) in [6, 6.07) is 14.2. The summed E-state index contributed by atoms with van der Waals surface area (Å²) in [7, 11) is 0. The molecule has 1 heterocycles. The van der Waals surface area contributed by atoms with Gasteiger partial charge in [-0.3, -0.25) is 10.6 Å². The first kappa shape index (κ1) is 25.0. The normalized spacial score (nSPS) is 12.7. The molecule has 1 atom stereocenters. The highest BCUT2D eigenvalue weighted by Crippen LogP contribution is 2.33. The fraction of sp³-hybridized carbons (Fsp3) is 0.346. The van der Waals surface area contributed by atoms with Crippen molar-refractivity contribution in [1.82, 2.24) is 4.98 Å². The number of nitrogens with zero attached hydrogens (tertiary/aromatic N) is 1. The van der Waals surface area contributed by atoms with Gasteiger partial charge >= 0.3 is 12.2 Å². The molecule has 0 spiro atoms. The van der Waals surface area contributed by atoms with Gasteiger partial charge in [0.15, 0.2) is 0 Å². The van der Waals surface area contributed by atoms with Crippen LogP contribution >= 0.6 is 0 Å². The van der Waals surface area contributed by atoms with Gasteiger partial charge in [-0.05, 0) is 76.3 Å². The number of carbonyl (C=O) groups excluding carboxylic acids is 2. The average molecular weight is 466 g/mol. The van der Waals surface area contributed by atoms with Crippen LogP contribution in [0.25, 0.3) is 10.8 Å². The second kappa shape index (κ2) is 9.69. The third kappa shape index (κ3) is 6.68. The topological polar surface area (TPSA) is 110 Å². The monoisotopic (exact) mass is 465 g/mol. The lowest BCUT2D eigenvalue weighted by molar-refractivity contribution is 0.0624. The van der Waals surface area contributed by atoms with Crippen molar-refractivity contribution in [1.29, 1.82) is 0 Å². The van der Waals surface area contributed by atoms with Crippen LogP contribution in [0.5, 0.6) is 0 Å². The number of anilines is 2. The van der Waals surface area contributed by atoms with E-state index in [0.29, 0.717) is 16.8 Å². The predicted molar refractivity (Wildman–Crippen MR) is 132 cm³/mol. The molecule has 3 aromatic rings. The number of aromatic nitrogens is 1. The van der Waals surface area contributed by atoms with Gasteiger partial charge in [-0.15, -0.1) is 0 Å². The van der Waals surface area contributed by atoms with Crippen LogP contribution in [-0.2, 0) is 9.47 Å². The van der Waals surface area contributed by atoms with Gasteiger partial charge in [-0.25, -0.2) is 14.6 Å². The lowest BCUT2D eigenvalue weighted by Gasteiger charge is -2.21. The number of hydrogen-bond acceptors (Lipinski definition) is 6. The molecule has 0 bridgehead atoms. The zero-order chi connectivity index (χ0) is 25.1. The van der Waals surface area contributed by atoms with E-state index >= 15 is 0 Å². The van der Waals surface area contributed by atoms with Gasteiger partial charge in [0.25, 0.3) is 0 Å². The first-order valence-corrected chi connectivity index (χ1v) is 11.0. The van der Waals surface area contributed by atoms with Crippen molar-refractivity contribution in [2.24, 2.45) is 0 Å². The first-order chi connectivity index (χ1) is 15.8. The number of amides is 2. The molecule has 1 aromatic heterocycles. The lowest BCUT2D eigenvalue weighted by Crippen LogP contribution is -2.27. The van der Waals surface area contributed by atoms with Crippen molar-refractivity contribution >= 4 is 34.5 Å². The maximum Gasteiger partial charge on any atom is 0.413 e. The summed E-state index contributed by atoms with van der Waals surface area (Å²) in [5, 5.41) is 18.1. The molecule has 2 aromatic carbocycles. The molecule has 0 saturated carbocycles. The molecule has 8 heteroatoms. The number of carbonyl (C=O) groups is 2. The quantitative estimate of drug-likeness (QED) is 0.435. The van der Waals surface area contributed by atoms with Crippen LogP contribution in [-0.4, -0.2) is 33.5 Å². The van der Waals surface area contributed by atoms with E-state index in [2.05, 4.69) is 15.6 Å². The Morgan fingerprint density at radius 3 is 2.06 bits per heavy atom. The molecule has 0 radical (unpaired) electrons. The van der Waals surface area contributed by atoms with E-state index in [4.69, 9.17) is 9.47 Å². The first-order valence-electron chi connectivity index (χ1n) is 11.0. The zero-order valence-electron chi connectivity index (χ0n) is 20.3. The van der Waals surface area contributed by atoms with Crippen LogP contribution in [0, 0.1) is 0 Å². The number of aliphatic hydroxyl groups is 1. The Kier molecular flexibility index (Phi) is 7.12. The number of aliphatic hydroxyl groups excluding tert-OH is 1. The number of hydrogen-bond donors (Lipinski definition) is 3. The Morgan fingerprint density at radius 2 is 1.44 bits per heavy atom. The fourth-order valence-corrected chi connectivity index (χ4v) is 3.36. The lowest BCUT2D eigenvalue weighted by atomic mass is 9.95. The molecule has 3 N–H and O–H groups in total. The van der Waals surface area contributed by atoms with Crippen LogP contribution in [0.2, 0.25) is 0 Å². The van der Waals surface area contributed by atoms with Crippen molar-refractivity contribution < 1.29 is 24.2 Å². The van der Waals surface area contributed by atoms with Gasteiger partial charge in [0.2, 0.25) is 0 Å². The molecular weight excluding hydrogens is 434 g/mol. The smallest absolute Gasteiger partial charge is 0.413 e. The van der Waals surface area contributed by atoms with E-state index in [0.717, 1.165) is 10.8 Å². The molecule has 0 aliphatic heterocycles. The summed E-state index contributed by atoms with van der Waals surface area (Å²) in [6.07, 6.45) is -0.679. The third-order valence-corrected chi connectivity index (χ3v) is 4.62. The van der Waals surface area contributed by atoms with Crippen LogP contribution < -0.4 is 10.6 Å². The van der Waals surface area contributed by atoms with Crippen molar-refractivity contribution in [2.45, 2.75) is 58.8 Å². The number of nitrogens with one attached hydrogen (secondary N) is 2. The Hall–Kier alpha value is -3.65. The van der Waals surface area contributed by atoms with Crippen LogP contribution in [0.4, 0.5) is 21.1 Å². The molecule has 3 rings (SSSR count). The summed E-state index contributed by atoms with van der Waals surface area (Å²) < 4.78 is 10.6. The molecular formula is C26H31N3O5. The van der Waals surface area contributed by atoms with Gasteiger partial charge < -0.3 is 14.6 Å². The fourth-order valence-electron chi connectivity index (χ4n) is 3.36. The van der Waals surface area contributed by atoms with Gasteiger partial charge in [-0.1, -0.05) is 30.3 Å². The molecule has 8 nitrogen and oxygen atoms in total. The standard InChI is InChI=1S/C26H31N3O5/c1-25(2,3)33-23(31)28-20-12-11-19(17-9-7-8-10-18(17)20)22(30)16-13-14-27-21(15-16)29-24(32)34-26(4,5)6/h7-15,22,30H,1-6H3,(H,28,31)(H,27,29,32). The van der Waals surface area contributed by atoms with Gasteiger partial charge in [0.1, 0.15) is 23.1 Å². The molecule has 0 aliphatic carbocycles. The maximum absolute atomic E-state index is 12.3. The summed E-state index contributed by atoms with van der Waals surface area (Å²) in [5.74, 6) is 0.262. The highest BCUT2D eigenvalue weighted by molar-refractivity contribution is 6.01. The van der Waals surface area contributed by atoms with E-state index in [1.54, 1.807) is 65.8 Å². The second-order valence-electron chi connectivity index (χ2n) is 9.88. The maximum atomic E-state index is 12.3. The van der Waals surface area contributed by atoms with Crippen molar-refractivity contribution in [3.8, 4) is 0 Å². The summed E-state index contributed by atoms with van der Waals surface area (Å²) in [5.41, 5.74) is 0.485. The van der Waals surface area contributed by atoms with Gasteiger partial charge in [-0.2, -0.15) is 0 Å². The highest BCUT2D eigenvalue weighted by atomic mass is 16.6. The summed E-state index contributed by atoms with van der Waals surface area (Å²) >= 11 is 0. The van der Waals surface area contributed by atoms with E-state index in [1.807, 2.05) is 24.3 Å². The molecule has 0 saturated heterocycles. The van der Waals surface area contributed by atoms with E-state index in [-0.39, 0.29) is 5.82 Å². The van der Waals surface area contributed by atoms with Crippen LogP contribution in [0.15, 0.2) is 54.7 Å². The highest BCUT2D eigenvalue weighted by Gasteiger charge is 2.20. The molecule has 180 valence electrons. The van der Waals surface area contributed by atoms with Crippen molar-refractivity contribution in [3.05, 3.63) is 65.9 Å².